The van der Waals surface area contributed by atoms with E-state index in [0.717, 1.165) is 36.3 Å². The first-order chi connectivity index (χ1) is 16.0. The molecule has 0 fully saturated rings. The molecule has 0 N–H and O–H groups in total. The predicted molar refractivity (Wildman–Crippen MR) is 131 cm³/mol. The summed E-state index contributed by atoms with van der Waals surface area (Å²) in [5.41, 5.74) is 4.22. The SMILES string of the molecule is Cc1cc2c(c3c1C(=O)/C(=C/c1c(Cl)cccc1Cl)O3)CN(CCCc1ccccc1)CO2. The summed E-state index contributed by atoms with van der Waals surface area (Å²) >= 11 is 12.6. The van der Waals surface area contributed by atoms with Gasteiger partial charge in [0.25, 0.3) is 0 Å². The topological polar surface area (TPSA) is 38.8 Å². The van der Waals surface area contributed by atoms with Crippen molar-refractivity contribution in [3.63, 3.8) is 0 Å². The highest BCUT2D eigenvalue weighted by Crippen LogP contribution is 2.44. The first kappa shape index (κ1) is 22.0. The fourth-order valence-corrected chi connectivity index (χ4v) is 4.86. The molecule has 168 valence electrons. The van der Waals surface area contributed by atoms with E-state index in [1.54, 1.807) is 24.3 Å². The number of hydrogen-bond acceptors (Lipinski definition) is 4. The van der Waals surface area contributed by atoms with Crippen molar-refractivity contribution in [2.24, 2.45) is 0 Å². The number of benzene rings is 3. The van der Waals surface area contributed by atoms with E-state index in [4.69, 9.17) is 32.7 Å². The highest BCUT2D eigenvalue weighted by molar-refractivity contribution is 6.37. The summed E-state index contributed by atoms with van der Waals surface area (Å²) in [7, 11) is 0. The van der Waals surface area contributed by atoms with E-state index < -0.39 is 0 Å². The molecule has 0 amide bonds. The molecule has 3 aromatic rings. The standard InChI is InChI=1S/C27H23Cl2NO3/c1-17-13-23-20(15-30(16-32-23)12-6-9-18-7-3-2-4-8-18)27-25(17)26(31)24(33-27)14-19-21(28)10-5-11-22(19)29/h2-5,7-8,10-11,13-14H,6,9,12,15-16H2,1H3/b24-14-. The van der Waals surface area contributed by atoms with Crippen molar-refractivity contribution in [1.82, 2.24) is 4.90 Å². The maximum atomic E-state index is 13.2. The van der Waals surface area contributed by atoms with Gasteiger partial charge in [0.2, 0.25) is 5.78 Å². The molecule has 0 saturated carbocycles. The first-order valence-corrected chi connectivity index (χ1v) is 11.7. The fourth-order valence-electron chi connectivity index (χ4n) is 4.35. The number of ketones is 1. The van der Waals surface area contributed by atoms with Crippen LogP contribution in [0.1, 0.15) is 39.0 Å². The third kappa shape index (κ3) is 4.39. The Kier molecular flexibility index (Phi) is 6.15. The molecule has 2 heterocycles. The van der Waals surface area contributed by atoms with Crippen molar-refractivity contribution in [2.45, 2.75) is 26.3 Å². The van der Waals surface area contributed by atoms with Gasteiger partial charge >= 0.3 is 0 Å². The third-order valence-corrected chi connectivity index (χ3v) is 6.70. The average molecular weight is 480 g/mol. The summed E-state index contributed by atoms with van der Waals surface area (Å²) in [5, 5.41) is 0.933. The second-order valence-electron chi connectivity index (χ2n) is 8.36. The van der Waals surface area contributed by atoms with E-state index in [0.29, 0.717) is 40.2 Å². The molecule has 0 aromatic heterocycles. The molecule has 0 unspecified atom stereocenters. The van der Waals surface area contributed by atoms with Crippen LogP contribution in [-0.2, 0) is 13.0 Å². The first-order valence-electron chi connectivity index (χ1n) is 10.9. The highest BCUT2D eigenvalue weighted by atomic mass is 35.5. The number of allylic oxidation sites excluding steroid dienone is 1. The van der Waals surface area contributed by atoms with Crippen LogP contribution in [0.4, 0.5) is 0 Å². The molecule has 2 aliphatic heterocycles. The Hall–Kier alpha value is -2.79. The molecule has 0 aliphatic carbocycles. The zero-order valence-corrected chi connectivity index (χ0v) is 19.7. The molecule has 6 heteroatoms. The molecule has 5 rings (SSSR count). The Labute approximate surface area is 203 Å². The van der Waals surface area contributed by atoms with Gasteiger partial charge in [-0.3, -0.25) is 9.69 Å². The number of carbonyl (C=O) groups is 1. The summed E-state index contributed by atoms with van der Waals surface area (Å²) in [6.07, 6.45) is 3.66. The number of hydrogen-bond donors (Lipinski definition) is 0. The molecular weight excluding hydrogens is 457 g/mol. The smallest absolute Gasteiger partial charge is 0.232 e. The van der Waals surface area contributed by atoms with Crippen LogP contribution in [0.25, 0.3) is 6.08 Å². The van der Waals surface area contributed by atoms with Gasteiger partial charge in [-0.2, -0.15) is 0 Å². The van der Waals surface area contributed by atoms with Crippen LogP contribution in [-0.4, -0.2) is 24.0 Å². The van der Waals surface area contributed by atoms with Crippen LogP contribution >= 0.6 is 23.2 Å². The minimum atomic E-state index is -0.164. The lowest BCUT2D eigenvalue weighted by atomic mass is 9.98. The lowest BCUT2D eigenvalue weighted by molar-refractivity contribution is 0.0928. The second kappa shape index (κ2) is 9.22. The largest absolute Gasteiger partial charge is 0.478 e. The van der Waals surface area contributed by atoms with Gasteiger partial charge in [0.05, 0.1) is 11.1 Å². The molecule has 0 atom stereocenters. The van der Waals surface area contributed by atoms with Gasteiger partial charge in [0, 0.05) is 28.7 Å². The summed E-state index contributed by atoms with van der Waals surface area (Å²) in [5.74, 6) is 1.41. The van der Waals surface area contributed by atoms with Crippen LogP contribution < -0.4 is 9.47 Å². The Morgan fingerprint density at radius 2 is 1.82 bits per heavy atom. The van der Waals surface area contributed by atoms with E-state index >= 15 is 0 Å². The molecule has 3 aromatic carbocycles. The molecule has 0 bridgehead atoms. The average Bonchev–Trinajstić information content (AvgIpc) is 3.14. The molecule has 0 saturated heterocycles. The van der Waals surface area contributed by atoms with Crippen LogP contribution in [0.15, 0.2) is 60.4 Å². The van der Waals surface area contributed by atoms with Gasteiger partial charge in [0.1, 0.15) is 18.2 Å². The number of ether oxygens (including phenoxy) is 2. The van der Waals surface area contributed by atoms with E-state index in [9.17, 15) is 4.79 Å². The van der Waals surface area contributed by atoms with Crippen molar-refractivity contribution in [2.75, 3.05) is 13.3 Å². The summed E-state index contributed by atoms with van der Waals surface area (Å²) in [6, 6.07) is 17.6. The van der Waals surface area contributed by atoms with Crippen molar-refractivity contribution in [3.8, 4) is 11.5 Å². The lowest BCUT2D eigenvalue weighted by Crippen LogP contribution is -2.33. The molecule has 0 radical (unpaired) electrons. The van der Waals surface area contributed by atoms with Gasteiger partial charge in [-0.25, -0.2) is 0 Å². The summed E-state index contributed by atoms with van der Waals surface area (Å²) < 4.78 is 12.2. The van der Waals surface area contributed by atoms with Crippen LogP contribution in [0.3, 0.4) is 0 Å². The van der Waals surface area contributed by atoms with Crippen LogP contribution in [0.2, 0.25) is 10.0 Å². The van der Waals surface area contributed by atoms with Gasteiger partial charge in [-0.15, -0.1) is 0 Å². The van der Waals surface area contributed by atoms with Gasteiger partial charge in [-0.05, 0) is 55.2 Å². The quantitative estimate of drug-likeness (QED) is 0.381. The second-order valence-corrected chi connectivity index (χ2v) is 9.18. The molecule has 33 heavy (non-hydrogen) atoms. The summed E-state index contributed by atoms with van der Waals surface area (Å²) in [4.78, 5) is 15.4. The Balaban J connectivity index is 1.38. The minimum absolute atomic E-state index is 0.164. The van der Waals surface area contributed by atoms with E-state index in [1.165, 1.54) is 5.56 Å². The van der Waals surface area contributed by atoms with Crippen molar-refractivity contribution < 1.29 is 14.3 Å². The number of Topliss-reactive ketones (excluding diaryl/α,β-unsaturated/α-hetero) is 1. The molecule has 0 spiro atoms. The molecule has 2 aliphatic rings. The third-order valence-electron chi connectivity index (χ3n) is 6.05. The normalized spacial score (nSPS) is 16.3. The fraction of sp³-hybridized carbons (Fsp3) is 0.222. The number of halogens is 2. The Morgan fingerprint density at radius 1 is 1.06 bits per heavy atom. The number of nitrogens with zero attached hydrogens (tertiary/aromatic N) is 1. The highest BCUT2D eigenvalue weighted by Gasteiger charge is 2.35. The van der Waals surface area contributed by atoms with E-state index in [-0.39, 0.29) is 11.5 Å². The number of carbonyl (C=O) groups excluding carboxylic acids is 1. The monoisotopic (exact) mass is 479 g/mol. The zero-order valence-electron chi connectivity index (χ0n) is 18.2. The van der Waals surface area contributed by atoms with E-state index in [2.05, 4.69) is 29.2 Å². The maximum absolute atomic E-state index is 13.2. The van der Waals surface area contributed by atoms with Crippen molar-refractivity contribution in [1.29, 1.82) is 0 Å². The lowest BCUT2D eigenvalue weighted by Gasteiger charge is -2.30. The van der Waals surface area contributed by atoms with E-state index in [1.807, 2.05) is 19.1 Å². The Bertz CT molecular complexity index is 1230. The molecule has 4 nitrogen and oxygen atoms in total. The van der Waals surface area contributed by atoms with Gasteiger partial charge < -0.3 is 9.47 Å². The number of fused-ring (bicyclic) bond motifs is 3. The zero-order chi connectivity index (χ0) is 22.9. The minimum Gasteiger partial charge on any atom is -0.478 e. The van der Waals surface area contributed by atoms with Crippen molar-refractivity contribution in [3.05, 3.63) is 98.2 Å². The number of rotatable bonds is 5. The van der Waals surface area contributed by atoms with Gasteiger partial charge in [0.15, 0.2) is 5.76 Å². The summed E-state index contributed by atoms with van der Waals surface area (Å²) in [6.45, 7) is 3.98. The Morgan fingerprint density at radius 3 is 2.58 bits per heavy atom. The maximum Gasteiger partial charge on any atom is 0.232 e. The molecular formula is C27H23Cl2NO3. The van der Waals surface area contributed by atoms with Gasteiger partial charge in [-0.1, -0.05) is 59.6 Å². The van der Waals surface area contributed by atoms with Crippen LogP contribution in [0, 0.1) is 6.92 Å². The number of aryl methyl sites for hydroxylation is 2. The predicted octanol–water partition coefficient (Wildman–Crippen LogP) is 6.70. The van der Waals surface area contributed by atoms with Crippen LogP contribution in [0.5, 0.6) is 11.5 Å². The van der Waals surface area contributed by atoms with Crippen molar-refractivity contribution >= 4 is 35.1 Å².